The van der Waals surface area contributed by atoms with Crippen molar-refractivity contribution in [3.63, 3.8) is 0 Å². The van der Waals surface area contributed by atoms with E-state index in [0.29, 0.717) is 0 Å². The summed E-state index contributed by atoms with van der Waals surface area (Å²) in [6, 6.07) is 0. The Hall–Kier alpha value is 2.37. The molecule has 0 aromatic rings. The van der Waals surface area contributed by atoms with Crippen LogP contribution >= 0.6 is 9.12 Å². The molecule has 0 aliphatic heterocycles. The van der Waals surface area contributed by atoms with Crippen LogP contribution in [0.1, 0.15) is 0 Å². The molecule has 34 valence electrons. The van der Waals surface area contributed by atoms with E-state index in [1.54, 1.807) is 0 Å². The van der Waals surface area contributed by atoms with Gasteiger partial charge in [-0.3, -0.25) is 0 Å². The number of rotatable bonds is 0. The topological polar surface area (TPSA) is 0 Å². The quantitative estimate of drug-likeness (QED) is 0.387. The fraction of sp³-hybridized carbons (Fsp3) is 0. The van der Waals surface area contributed by atoms with E-state index >= 15 is 0 Å². The molecule has 1 unspecified atom stereocenters. The van der Waals surface area contributed by atoms with Crippen LogP contribution in [-0.4, -0.2) is 7.57 Å². The summed E-state index contributed by atoms with van der Waals surface area (Å²) >= 11 is 0. The van der Waals surface area contributed by atoms with Crippen molar-refractivity contribution >= 4 is 16.7 Å². The zero-order valence-electron chi connectivity index (χ0n) is 2.71. The predicted molar refractivity (Wildman–Crippen MR) is 18.3 cm³/mol. The first-order chi connectivity index (χ1) is 1.00. The van der Waals surface area contributed by atoms with Crippen LogP contribution < -0.4 is 0 Å². The zero-order valence-corrected chi connectivity index (χ0v) is 9.79. The van der Waals surface area contributed by atoms with Crippen LogP contribution in [0.5, 0.6) is 0 Å². The molecule has 0 amide bonds. The molecule has 0 fully saturated rings. The first-order valence-corrected chi connectivity index (χ1v) is 1.73. The summed E-state index contributed by atoms with van der Waals surface area (Å²) < 4.78 is 0. The second kappa shape index (κ2) is 32.8. The van der Waals surface area contributed by atoms with Gasteiger partial charge in [0.1, 0.15) is 7.57 Å². The summed E-state index contributed by atoms with van der Waals surface area (Å²) in [6.45, 7) is 0. The summed E-state index contributed by atoms with van der Waals surface area (Å²) in [7, 11) is 4.33. The van der Waals surface area contributed by atoms with E-state index in [-0.39, 0.29) is 58.6 Å². The van der Waals surface area contributed by atoms with Gasteiger partial charge >= 0.3 is 0 Å². The molecule has 0 N–H and O–H groups in total. The molecular formula is H4BMoNiPW. The Morgan fingerprint density at radius 3 is 1.20 bits per heavy atom. The number of hydrogen-bond acceptors (Lipinski definition) is 0. The van der Waals surface area contributed by atoms with Crippen LogP contribution in [0.4, 0.5) is 0 Å². The Kier molecular flexibility index (Phi) is 173. The van der Waals surface area contributed by atoms with Crippen LogP contribution in [0.2, 0.25) is 0 Å². The molecule has 0 saturated carbocycles. The molecule has 0 rings (SSSR count). The Morgan fingerprint density at radius 2 is 1.20 bits per heavy atom. The van der Waals surface area contributed by atoms with Crippen molar-refractivity contribution in [3.8, 4) is 0 Å². The third-order valence-electron chi connectivity index (χ3n) is 0. The van der Waals surface area contributed by atoms with Crippen molar-refractivity contribution in [2.24, 2.45) is 0 Å². The van der Waals surface area contributed by atoms with Crippen LogP contribution in [-0.2, 0) is 58.6 Å². The van der Waals surface area contributed by atoms with E-state index in [1.165, 1.54) is 0 Å². The maximum absolute atomic E-state index is 2.42. The van der Waals surface area contributed by atoms with Gasteiger partial charge in [-0.1, -0.05) is 0 Å². The molecule has 5 heteroatoms. The molecule has 0 aromatic heterocycles. The van der Waals surface area contributed by atoms with E-state index in [4.69, 9.17) is 0 Å². The summed E-state index contributed by atoms with van der Waals surface area (Å²) in [6.07, 6.45) is 0. The standard InChI is InChI=1S/BH4P.Mo.Ni.W/c1-2;;;/h1-2H2;;;. The van der Waals surface area contributed by atoms with E-state index in [0.717, 1.165) is 0 Å². The van der Waals surface area contributed by atoms with Gasteiger partial charge in [0.2, 0.25) is 0 Å². The summed E-state index contributed by atoms with van der Waals surface area (Å²) in [5.74, 6) is 0. The molecule has 0 radical (unpaired) electrons. The Morgan fingerprint density at radius 1 is 1.20 bits per heavy atom. The van der Waals surface area contributed by atoms with Crippen LogP contribution in [0.25, 0.3) is 0 Å². The molecule has 0 nitrogen and oxygen atoms in total. The maximum Gasteiger partial charge on any atom is 0.126 e. The largest absolute Gasteiger partial charge is 0.179 e. The van der Waals surface area contributed by atoms with Crippen LogP contribution in [0.3, 0.4) is 0 Å². The number of hydrogen-bond donors (Lipinski definition) is 0. The molecule has 0 saturated heterocycles. The van der Waals surface area contributed by atoms with Crippen LogP contribution in [0, 0.1) is 0 Å². The van der Waals surface area contributed by atoms with Crippen molar-refractivity contribution < 1.29 is 58.6 Å². The molecule has 0 heterocycles. The smallest absolute Gasteiger partial charge is 0.126 e. The van der Waals surface area contributed by atoms with Gasteiger partial charge in [-0.2, -0.15) is 9.12 Å². The zero-order chi connectivity index (χ0) is 2.00. The van der Waals surface area contributed by atoms with E-state index < -0.39 is 0 Å². The normalized spacial score (nSPS) is 1.00. The molecule has 1 atom stereocenters. The van der Waals surface area contributed by atoms with E-state index in [2.05, 4.69) is 9.12 Å². The van der Waals surface area contributed by atoms with Crippen molar-refractivity contribution in [1.29, 1.82) is 0 Å². The Bertz CT molecular complexity index is 11.6. The van der Waals surface area contributed by atoms with Crippen molar-refractivity contribution in [3.05, 3.63) is 0 Å². The third kappa shape index (κ3) is 21.7. The van der Waals surface area contributed by atoms with Crippen molar-refractivity contribution in [2.45, 2.75) is 0 Å². The fourth-order valence-electron chi connectivity index (χ4n) is 0. The molecule has 0 aliphatic carbocycles. The minimum Gasteiger partial charge on any atom is -0.179 e. The minimum atomic E-state index is 0. The maximum atomic E-state index is 2.42. The predicted octanol–water partition coefficient (Wildman–Crippen LogP) is -0.598. The average Bonchev–Trinajstić information content (AvgIpc) is 1.00. The first-order valence-electron chi connectivity index (χ1n) is 0.577. The van der Waals surface area contributed by atoms with Gasteiger partial charge in [0.05, 0.1) is 0 Å². The van der Waals surface area contributed by atoms with Gasteiger partial charge in [-0.05, 0) is 0 Å². The van der Waals surface area contributed by atoms with Crippen LogP contribution in [0.15, 0.2) is 0 Å². The minimum absolute atomic E-state index is 0. The molecule has 0 aliphatic rings. The van der Waals surface area contributed by atoms with Gasteiger partial charge in [-0.15, -0.1) is 0 Å². The second-order valence-electron chi connectivity index (χ2n) is 0. The van der Waals surface area contributed by atoms with Gasteiger partial charge < -0.3 is 0 Å². The monoisotopic (exact) mass is 386 g/mol. The Balaban J connectivity index is -0.00000000167. The molecule has 0 bridgehead atoms. The Labute approximate surface area is 74.6 Å². The SMILES string of the molecule is BP.[Mo].[Ni].[W]. The van der Waals surface area contributed by atoms with Gasteiger partial charge in [-0.25, -0.2) is 0 Å². The summed E-state index contributed by atoms with van der Waals surface area (Å²) in [5, 5.41) is 0. The van der Waals surface area contributed by atoms with E-state index in [1.807, 2.05) is 7.57 Å². The van der Waals surface area contributed by atoms with Gasteiger partial charge in [0.15, 0.2) is 0 Å². The van der Waals surface area contributed by atoms with E-state index in [9.17, 15) is 0 Å². The molecule has 5 heavy (non-hydrogen) atoms. The second-order valence-corrected chi connectivity index (χ2v) is 0. The molecule has 0 spiro atoms. The first kappa shape index (κ1) is 26.4. The van der Waals surface area contributed by atoms with Crippen molar-refractivity contribution in [1.82, 2.24) is 0 Å². The fourth-order valence-corrected chi connectivity index (χ4v) is 0. The van der Waals surface area contributed by atoms with Gasteiger partial charge in [0, 0.05) is 58.6 Å². The summed E-state index contributed by atoms with van der Waals surface area (Å²) in [4.78, 5) is 0. The average molecular weight is 384 g/mol. The van der Waals surface area contributed by atoms with Crippen molar-refractivity contribution in [2.75, 3.05) is 0 Å². The third-order valence-corrected chi connectivity index (χ3v) is 0. The molecular weight excluding hydrogens is 380 g/mol. The summed E-state index contributed by atoms with van der Waals surface area (Å²) in [5.41, 5.74) is 0. The molecule has 0 aromatic carbocycles. The van der Waals surface area contributed by atoms with Gasteiger partial charge in [0.25, 0.3) is 0 Å².